The van der Waals surface area contributed by atoms with Crippen LogP contribution < -0.4 is 74.9 Å². The molecule has 8 rings (SSSR count). The van der Waals surface area contributed by atoms with E-state index >= 15 is 19.2 Å². The van der Waals surface area contributed by atoms with Gasteiger partial charge in [0.05, 0.1) is 24.7 Å². The largest absolute Gasteiger partial charge is 0.508 e. The van der Waals surface area contributed by atoms with Gasteiger partial charge in [-0.3, -0.25) is 71.9 Å². The van der Waals surface area contributed by atoms with E-state index < -0.39 is 210 Å². The number of imidazole rings is 1. The standard InChI is InChI=1S/C77H102N18O20S2/c1-5-40(2)63(77(114)115)94-73(110)58-38-117-116-37-57(72(109)88-53(30-43-14-7-6-8-15-43)69(106)89-55(32-45-34-80-49-17-10-9-16-48(45)49)71(108)85-50(18-11-12-28-78)66(103)87-54(70(107)92-58)31-44-20-22-47(97)23-21-44)91-68(105)52(25-27-62(100)101)86-74(111)59-19-13-29-95(59)76(113)41(3)83-75(112)64(42(4)96)93-61(99)36-81-65(102)56(33-46-35-79-39-82-46)90-67(104)51-24-26-60(98)84-51/h6-10,14-17,20-23,34-35,39-42,50-59,63-64,80,96-97H,5,11-13,18-19,24-33,36-38,78H2,1-4H3,(H,79,82)(H,81,102)(H,83,112)(H,84,98)(H,85,108)(H,86,111)(H,87,103)(H,88,109)(H,89,106)(H,90,104)(H,91,105)(H,92,107)(H,93,99)(H,94,110)(H,100,101)(H,114,115)/t40-,41-,42+,50-,51-,52-,53-,54-,55-,56-,57-,58-,59-,63-,64-/m0/s1. The maximum atomic E-state index is 15.3. The minimum absolute atomic E-state index is 0.0296. The van der Waals surface area contributed by atoms with E-state index in [-0.39, 0.29) is 95.4 Å². The van der Waals surface area contributed by atoms with Crippen LogP contribution >= 0.6 is 21.6 Å². The van der Waals surface area contributed by atoms with Crippen LogP contribution in [0.2, 0.25) is 0 Å². The molecule has 3 fully saturated rings. The van der Waals surface area contributed by atoms with Crippen LogP contribution in [-0.2, 0) is 102 Å². The smallest absolute Gasteiger partial charge is 0.326 e. The molecule has 15 atom stereocenters. The van der Waals surface area contributed by atoms with E-state index in [0.717, 1.165) is 33.4 Å². The van der Waals surface area contributed by atoms with Crippen LogP contribution in [0.4, 0.5) is 0 Å². The molecule has 0 radical (unpaired) electrons. The molecule has 38 nitrogen and oxygen atoms in total. The number of hydrogen-bond donors (Lipinski definition) is 20. The molecule has 3 aromatic carbocycles. The number of carbonyl (C=O) groups is 16. The lowest BCUT2D eigenvalue weighted by Crippen LogP contribution is -2.61. The second-order valence-corrected chi connectivity index (χ2v) is 31.5. The summed E-state index contributed by atoms with van der Waals surface area (Å²) < 4.78 is 0. The van der Waals surface area contributed by atoms with Gasteiger partial charge in [0, 0.05) is 79.9 Å². The number of benzene rings is 3. The maximum Gasteiger partial charge on any atom is 0.326 e. The topological polar surface area (TPSA) is 584 Å². The van der Waals surface area contributed by atoms with Crippen LogP contribution in [0.1, 0.15) is 114 Å². The van der Waals surface area contributed by atoms with E-state index in [2.05, 4.69) is 84.1 Å². The molecule has 40 heteroatoms. The highest BCUT2D eigenvalue weighted by Crippen LogP contribution is 2.26. The molecule has 0 bridgehead atoms. The fourth-order valence-electron chi connectivity index (χ4n) is 13.3. The van der Waals surface area contributed by atoms with Gasteiger partial charge in [-0.05, 0) is 106 Å². The predicted molar refractivity (Wildman–Crippen MR) is 426 cm³/mol. The molecule has 632 valence electrons. The Morgan fingerprint density at radius 2 is 1.26 bits per heavy atom. The molecule has 3 aliphatic heterocycles. The number of aliphatic hydroxyl groups excluding tert-OH is 1. The number of phenols is 1. The minimum atomic E-state index is -1.80. The van der Waals surface area contributed by atoms with Gasteiger partial charge in [-0.15, -0.1) is 0 Å². The number of aromatic nitrogens is 3. The van der Waals surface area contributed by atoms with Crippen LogP contribution in [0, 0.1) is 5.92 Å². The van der Waals surface area contributed by atoms with Crippen LogP contribution in [0.25, 0.3) is 10.9 Å². The third-order valence-corrected chi connectivity index (χ3v) is 22.5. The van der Waals surface area contributed by atoms with Gasteiger partial charge in [0.2, 0.25) is 82.7 Å². The van der Waals surface area contributed by atoms with Gasteiger partial charge in [0.1, 0.15) is 84.3 Å². The van der Waals surface area contributed by atoms with Crippen LogP contribution in [0.3, 0.4) is 0 Å². The number of carboxylic acids is 2. The Hall–Kier alpha value is -11.7. The average Bonchev–Trinajstić information content (AvgIpc) is 1.72. The molecule has 0 saturated carbocycles. The number of carboxylic acid groups (broad SMARTS) is 2. The molecule has 5 aromatic rings. The van der Waals surface area contributed by atoms with Crippen molar-refractivity contribution in [3.63, 3.8) is 0 Å². The quantitative estimate of drug-likeness (QED) is 0.0150. The highest BCUT2D eigenvalue weighted by atomic mass is 33.1. The molecule has 3 aliphatic rings. The summed E-state index contributed by atoms with van der Waals surface area (Å²) in [7, 11) is 1.69. The predicted octanol–water partition coefficient (Wildman–Crippen LogP) is -2.49. The van der Waals surface area contributed by atoms with Crippen LogP contribution in [0.15, 0.2) is 97.6 Å². The number of carbonyl (C=O) groups excluding carboxylic acids is 14. The molecule has 0 aliphatic carbocycles. The molecule has 3 saturated heterocycles. The van der Waals surface area contributed by atoms with E-state index in [1.54, 1.807) is 74.6 Å². The van der Waals surface area contributed by atoms with Crippen molar-refractivity contribution < 1.29 is 97.1 Å². The van der Waals surface area contributed by atoms with E-state index in [4.69, 9.17) is 5.73 Å². The third-order valence-electron chi connectivity index (χ3n) is 20.1. The van der Waals surface area contributed by atoms with E-state index in [9.17, 15) is 78.0 Å². The fourth-order valence-corrected chi connectivity index (χ4v) is 15.7. The number of fused-ring (bicyclic) bond motifs is 1. The molecule has 21 N–H and O–H groups in total. The van der Waals surface area contributed by atoms with Gasteiger partial charge < -0.3 is 110 Å². The first-order valence-corrected chi connectivity index (χ1v) is 41.0. The van der Waals surface area contributed by atoms with Crippen molar-refractivity contribution in [1.82, 2.24) is 89.0 Å². The number of aliphatic hydroxyl groups is 1. The van der Waals surface area contributed by atoms with Gasteiger partial charge >= 0.3 is 11.9 Å². The first kappa shape index (κ1) is 90.9. The minimum Gasteiger partial charge on any atom is -0.508 e. The number of unbranched alkanes of at least 4 members (excludes halogenated alkanes) is 1. The molecule has 0 unspecified atom stereocenters. The number of nitrogens with two attached hydrogens (primary N) is 1. The van der Waals surface area contributed by atoms with E-state index in [1.807, 2.05) is 0 Å². The van der Waals surface area contributed by atoms with Gasteiger partial charge in [0.15, 0.2) is 0 Å². The lowest BCUT2D eigenvalue weighted by molar-refractivity contribution is -0.143. The summed E-state index contributed by atoms with van der Waals surface area (Å²) in [5, 5.41) is 75.6. The second kappa shape index (κ2) is 44.5. The average molecular weight is 1660 g/mol. The molecular weight excluding hydrogens is 1560 g/mol. The Bertz CT molecular complexity index is 4350. The highest BCUT2D eigenvalue weighted by molar-refractivity contribution is 8.76. The van der Waals surface area contributed by atoms with Crippen molar-refractivity contribution >= 4 is 127 Å². The summed E-state index contributed by atoms with van der Waals surface area (Å²) in [6.07, 6.45) is 1.90. The number of rotatable bonds is 34. The van der Waals surface area contributed by atoms with Crippen molar-refractivity contribution in [3.8, 4) is 5.75 Å². The van der Waals surface area contributed by atoms with Gasteiger partial charge in [-0.2, -0.15) is 0 Å². The van der Waals surface area contributed by atoms with Crippen LogP contribution in [-0.4, -0.2) is 251 Å². The normalized spacial score (nSPS) is 21.5. The van der Waals surface area contributed by atoms with Crippen molar-refractivity contribution in [1.29, 1.82) is 0 Å². The van der Waals surface area contributed by atoms with Crippen molar-refractivity contribution in [2.75, 3.05) is 31.1 Å². The molecule has 117 heavy (non-hydrogen) atoms. The summed E-state index contributed by atoms with van der Waals surface area (Å²) in [6.45, 7) is 5.02. The number of nitrogens with zero attached hydrogens (tertiary/aromatic N) is 2. The Morgan fingerprint density at radius 1 is 0.632 bits per heavy atom. The summed E-state index contributed by atoms with van der Waals surface area (Å²) in [5.74, 6) is -17.1. The molecule has 5 heterocycles. The monoisotopic (exact) mass is 1660 g/mol. The fraction of sp³-hybridized carbons (Fsp3) is 0.494. The number of aromatic amines is 2. The SMILES string of the molecule is CC[C@H](C)[C@H](NC(=O)[C@@H]1CSSC[C@H](NC(=O)[C@H](CCC(=O)O)NC(=O)[C@@H]2CCCN2C(=O)[C@H](C)NC(=O)[C@@H](NC(=O)CNC(=O)[C@H](Cc2c[nH]cn2)NC(=O)[C@@H]2CCC(=O)N2)[C@@H](C)O)C(=O)N[C@@H](Cc2ccccc2)C(=O)N[C@@H](Cc2c[nH]c3ccccc23)C(=O)N[C@@H](CCCCN)C(=O)N[C@@H](Cc2ccc(O)cc2)C(=O)N1)C(=O)O. The van der Waals surface area contributed by atoms with Crippen molar-refractivity contribution in [2.24, 2.45) is 11.7 Å². The van der Waals surface area contributed by atoms with Crippen molar-refractivity contribution in [2.45, 2.75) is 202 Å². The maximum absolute atomic E-state index is 15.3. The Morgan fingerprint density at radius 3 is 1.90 bits per heavy atom. The molecule has 0 spiro atoms. The lowest BCUT2D eigenvalue weighted by Gasteiger charge is -2.30. The number of para-hydroxylation sites is 1. The zero-order valence-corrected chi connectivity index (χ0v) is 66.6. The van der Waals surface area contributed by atoms with Gasteiger partial charge in [-0.1, -0.05) is 103 Å². The first-order valence-electron chi connectivity index (χ1n) is 38.5. The number of hydrogen-bond acceptors (Lipinski definition) is 22. The summed E-state index contributed by atoms with van der Waals surface area (Å²) in [6, 6.07) is 1.56. The van der Waals surface area contributed by atoms with Gasteiger partial charge in [-0.25, -0.2) is 9.78 Å². The number of aromatic hydroxyl groups is 1. The summed E-state index contributed by atoms with van der Waals surface area (Å²) >= 11 is 0. The van der Waals surface area contributed by atoms with Gasteiger partial charge in [0.25, 0.3) is 0 Å². The second-order valence-electron chi connectivity index (χ2n) is 29.0. The number of aliphatic carboxylic acids is 2. The highest BCUT2D eigenvalue weighted by Gasteiger charge is 2.42. The number of nitrogens with one attached hydrogen (secondary N) is 15. The number of H-pyrrole nitrogens is 2. The molecule has 14 amide bonds. The first-order chi connectivity index (χ1) is 55.9. The Kier molecular flexibility index (Phi) is 34.5. The Balaban J connectivity index is 1.06. The number of likely N-dealkylation sites (tertiary alicyclic amines) is 1. The summed E-state index contributed by atoms with van der Waals surface area (Å²) in [4.78, 5) is 236. The third kappa shape index (κ3) is 27.2. The van der Waals surface area contributed by atoms with Crippen molar-refractivity contribution in [3.05, 3.63) is 120 Å². The van der Waals surface area contributed by atoms with E-state index in [0.29, 0.717) is 39.7 Å². The number of phenolic OH excluding ortho intramolecular Hbond substituents is 1. The molecular formula is C77H102N18O20S2. The number of amides is 14. The molecule has 2 aromatic heterocycles. The van der Waals surface area contributed by atoms with E-state index in [1.165, 1.54) is 43.7 Å². The Labute approximate surface area is 680 Å². The lowest BCUT2D eigenvalue weighted by atomic mass is 9.99. The zero-order valence-electron chi connectivity index (χ0n) is 64.9. The van der Waals surface area contributed by atoms with Crippen LogP contribution in [0.5, 0.6) is 5.75 Å². The summed E-state index contributed by atoms with van der Waals surface area (Å²) in [5.41, 5.74) is 8.39. The zero-order chi connectivity index (χ0) is 85.0.